The Morgan fingerprint density at radius 3 is 2.51 bits per heavy atom. The average molecular weight is 643 g/mol. The van der Waals surface area contributed by atoms with Gasteiger partial charge in [-0.25, -0.2) is 18.6 Å². The highest BCUT2D eigenvalue weighted by Gasteiger charge is 2.35. The van der Waals surface area contributed by atoms with Crippen molar-refractivity contribution in [2.24, 2.45) is 11.5 Å². The molecule has 0 atom stereocenters. The third-order valence-electron chi connectivity index (χ3n) is 8.90. The number of nitrogens with one attached hydrogen (secondary N) is 1. The highest BCUT2D eigenvalue weighted by Crippen LogP contribution is 2.37. The number of nitrogens with zero attached hydrogens (tertiary/aromatic N) is 6. The molecule has 0 unspecified atom stereocenters. The summed E-state index contributed by atoms with van der Waals surface area (Å²) in [6.45, 7) is 4.02. The van der Waals surface area contributed by atoms with Crippen molar-refractivity contribution in [1.82, 2.24) is 28.9 Å². The lowest BCUT2D eigenvalue weighted by Crippen LogP contribution is -2.46. The molecule has 2 amide bonds. The first-order chi connectivity index (χ1) is 22.5. The summed E-state index contributed by atoms with van der Waals surface area (Å²) in [7, 11) is 0. The van der Waals surface area contributed by atoms with Crippen molar-refractivity contribution in [3.63, 3.8) is 0 Å². The molecule has 13 nitrogen and oxygen atoms in total. The zero-order valence-electron chi connectivity index (χ0n) is 26.4. The van der Waals surface area contributed by atoms with E-state index >= 15 is 0 Å². The zero-order valence-corrected chi connectivity index (χ0v) is 26.4. The van der Waals surface area contributed by atoms with Crippen LogP contribution >= 0.6 is 0 Å². The van der Waals surface area contributed by atoms with Crippen LogP contribution < -0.4 is 28.1 Å². The molecule has 1 aromatic carbocycles. The van der Waals surface area contributed by atoms with Gasteiger partial charge >= 0.3 is 0 Å². The minimum absolute atomic E-state index is 0.0673. The molecule has 5 heterocycles. The van der Waals surface area contributed by atoms with E-state index in [1.165, 1.54) is 43.2 Å². The molecule has 1 fully saturated rings. The number of nitrogens with two attached hydrogens (primary N) is 3. The van der Waals surface area contributed by atoms with Crippen LogP contribution in [0.4, 0.5) is 15.9 Å². The minimum atomic E-state index is -1.91. The number of rotatable bonds is 7. The lowest BCUT2D eigenvalue weighted by Gasteiger charge is -2.34. The first-order valence-electron chi connectivity index (χ1n) is 15.7. The maximum Gasteiger partial charge on any atom is 0.285 e. The van der Waals surface area contributed by atoms with Crippen molar-refractivity contribution in [3.8, 4) is 11.1 Å². The van der Waals surface area contributed by atoms with E-state index in [-0.39, 0.29) is 17.3 Å². The van der Waals surface area contributed by atoms with Gasteiger partial charge in [-0.2, -0.15) is 5.10 Å². The van der Waals surface area contributed by atoms with E-state index in [4.69, 9.17) is 17.2 Å². The molecular formula is C33H39FN10O3. The molecule has 0 spiro atoms. The van der Waals surface area contributed by atoms with Crippen LogP contribution in [-0.2, 0) is 17.8 Å². The van der Waals surface area contributed by atoms with E-state index < -0.39 is 23.0 Å². The number of allylic oxidation sites excluding steroid dienone is 2. The fourth-order valence-corrected chi connectivity index (χ4v) is 6.63. The Bertz CT molecular complexity index is 1950. The molecule has 0 saturated carbocycles. The molecule has 0 bridgehead atoms. The fourth-order valence-electron chi connectivity index (χ4n) is 6.63. The second kappa shape index (κ2) is 12.4. The molecule has 4 aromatic rings. The number of piperidine rings is 1. The maximum absolute atomic E-state index is 14.3. The lowest BCUT2D eigenvalue weighted by atomic mass is 9.92. The number of likely N-dealkylation sites (tertiary alicyclic amines) is 1. The smallest absolute Gasteiger partial charge is 0.285 e. The number of halogens is 1. The number of aromatic nitrogens is 5. The standard InChI is InChI=1S/C33H39FN10O3/c1-33(2,34)32(47)41-16-12-21(13-17-41)25-18-23(28-29(37)38-19-39-43(25)28)20-8-10-22(11-9-20)40-30(45)27-24-6-3-4-15-42(24)44(31(27)46)26(36)7-5-14-35/h5,7-11,14,18-19,21H,3-4,6,12-13,15-17,35-36H2,1-2H3,(H,40,45)(H2,37,38,39)/b14-5-,26-7+. The largest absolute Gasteiger partial charge is 0.405 e. The monoisotopic (exact) mass is 642 g/mol. The van der Waals surface area contributed by atoms with Gasteiger partial charge in [0.25, 0.3) is 17.4 Å². The van der Waals surface area contributed by atoms with Crippen LogP contribution in [0.1, 0.15) is 67.2 Å². The number of carbonyl (C=O) groups excluding carboxylic acids is 2. The molecule has 1 saturated heterocycles. The molecule has 2 aliphatic rings. The maximum atomic E-state index is 14.3. The lowest BCUT2D eigenvalue weighted by molar-refractivity contribution is -0.143. The summed E-state index contributed by atoms with van der Waals surface area (Å²) in [6.07, 6.45) is 9.39. The summed E-state index contributed by atoms with van der Waals surface area (Å²) < 4.78 is 19.2. The van der Waals surface area contributed by atoms with Gasteiger partial charge in [-0.05, 0) is 88.1 Å². The van der Waals surface area contributed by atoms with E-state index in [0.29, 0.717) is 61.6 Å². The third-order valence-corrected chi connectivity index (χ3v) is 8.90. The van der Waals surface area contributed by atoms with E-state index in [2.05, 4.69) is 15.4 Å². The van der Waals surface area contributed by atoms with Crippen LogP contribution in [0.2, 0.25) is 0 Å². The van der Waals surface area contributed by atoms with Gasteiger partial charge in [-0.15, -0.1) is 0 Å². The predicted molar refractivity (Wildman–Crippen MR) is 178 cm³/mol. The molecular weight excluding hydrogens is 603 g/mol. The van der Waals surface area contributed by atoms with Crippen molar-refractivity contribution in [2.45, 2.75) is 64.1 Å². The fraction of sp³-hybridized carbons (Fsp3) is 0.364. The van der Waals surface area contributed by atoms with Crippen molar-refractivity contribution >= 4 is 34.7 Å². The summed E-state index contributed by atoms with van der Waals surface area (Å²) in [5.41, 5.74) is 20.0. The summed E-state index contributed by atoms with van der Waals surface area (Å²) in [5.74, 6) is -0.448. The Morgan fingerprint density at radius 2 is 1.83 bits per heavy atom. The molecule has 2 aliphatic heterocycles. The average Bonchev–Trinajstić information content (AvgIpc) is 3.59. The van der Waals surface area contributed by atoms with Crippen molar-refractivity contribution in [3.05, 3.63) is 82.3 Å². The van der Waals surface area contributed by atoms with Gasteiger partial charge in [0.1, 0.15) is 23.2 Å². The zero-order chi connectivity index (χ0) is 33.5. The molecule has 246 valence electrons. The molecule has 0 radical (unpaired) electrons. The van der Waals surface area contributed by atoms with E-state index in [1.807, 2.05) is 18.2 Å². The minimum Gasteiger partial charge on any atom is -0.405 e. The van der Waals surface area contributed by atoms with E-state index in [1.54, 1.807) is 26.2 Å². The first kappa shape index (κ1) is 31.6. The third kappa shape index (κ3) is 5.86. The Balaban J connectivity index is 1.26. The van der Waals surface area contributed by atoms with Crippen LogP contribution in [0.25, 0.3) is 22.5 Å². The normalized spacial score (nSPS) is 16.1. The quantitative estimate of drug-likeness (QED) is 0.221. The van der Waals surface area contributed by atoms with Gasteiger partial charge in [-0.1, -0.05) is 12.1 Å². The van der Waals surface area contributed by atoms with E-state index in [9.17, 15) is 18.8 Å². The number of benzene rings is 1. The van der Waals surface area contributed by atoms with E-state index in [0.717, 1.165) is 29.7 Å². The summed E-state index contributed by atoms with van der Waals surface area (Å²) >= 11 is 0. The van der Waals surface area contributed by atoms with Crippen LogP contribution in [0.15, 0.2) is 59.8 Å². The summed E-state index contributed by atoms with van der Waals surface area (Å²) in [5, 5.41) is 7.37. The Kier molecular flexibility index (Phi) is 8.34. The highest BCUT2D eigenvalue weighted by molar-refractivity contribution is 6.05. The second-order valence-electron chi connectivity index (χ2n) is 12.5. The Labute approximate surface area is 270 Å². The summed E-state index contributed by atoms with van der Waals surface area (Å²) in [6, 6.07) is 9.28. The number of amides is 2. The Hall–Kier alpha value is -5.40. The van der Waals surface area contributed by atoms with Gasteiger partial charge < -0.3 is 27.4 Å². The van der Waals surface area contributed by atoms with Crippen LogP contribution in [0.5, 0.6) is 0 Å². The number of nitrogen functional groups attached to an aromatic ring is 1. The highest BCUT2D eigenvalue weighted by atomic mass is 19.1. The van der Waals surface area contributed by atoms with Crippen molar-refractivity contribution in [2.75, 3.05) is 24.1 Å². The SMILES string of the molecule is CC(C)(F)C(=O)N1CCC(c2cc(-c3ccc(NC(=O)c4c5n(n(/C(N)=C/C=C\N)c4=O)CCCC5)cc3)c3c(N)ncnn23)CC1. The summed E-state index contributed by atoms with van der Waals surface area (Å²) in [4.78, 5) is 45.2. The topological polar surface area (TPSA) is 185 Å². The van der Waals surface area contributed by atoms with Crippen LogP contribution in [0, 0.1) is 0 Å². The Morgan fingerprint density at radius 1 is 1.11 bits per heavy atom. The molecule has 7 N–H and O–H groups in total. The molecule has 6 rings (SSSR count). The predicted octanol–water partition coefficient (Wildman–Crippen LogP) is 3.21. The van der Waals surface area contributed by atoms with Crippen LogP contribution in [-0.4, -0.2) is 59.4 Å². The number of anilines is 2. The second-order valence-corrected chi connectivity index (χ2v) is 12.5. The number of fused-ring (bicyclic) bond motifs is 2. The number of hydrogen-bond donors (Lipinski definition) is 4. The van der Waals surface area contributed by atoms with Crippen molar-refractivity contribution in [1.29, 1.82) is 0 Å². The molecule has 14 heteroatoms. The van der Waals surface area contributed by atoms with Gasteiger partial charge in [-0.3, -0.25) is 19.1 Å². The van der Waals surface area contributed by atoms with Gasteiger partial charge in [0.15, 0.2) is 11.5 Å². The van der Waals surface area contributed by atoms with Gasteiger partial charge in [0.2, 0.25) is 0 Å². The van der Waals surface area contributed by atoms with Gasteiger partial charge in [0.05, 0.1) is 5.69 Å². The number of carbonyl (C=O) groups is 2. The molecule has 0 aliphatic carbocycles. The molecule has 47 heavy (non-hydrogen) atoms. The number of hydrogen-bond acceptors (Lipinski definition) is 8. The van der Waals surface area contributed by atoms with Crippen molar-refractivity contribution < 1.29 is 14.0 Å². The molecule has 3 aromatic heterocycles. The first-order valence-corrected chi connectivity index (χ1v) is 15.7. The number of alkyl halides is 1. The van der Waals surface area contributed by atoms with Gasteiger partial charge in [0, 0.05) is 42.5 Å². The van der Waals surface area contributed by atoms with Crippen LogP contribution in [0.3, 0.4) is 0 Å².